The third-order valence-electron chi connectivity index (χ3n) is 4.69. The van der Waals surface area contributed by atoms with E-state index in [1.807, 2.05) is 31.2 Å². The summed E-state index contributed by atoms with van der Waals surface area (Å²) in [6.07, 6.45) is 0.633. The number of ether oxygens (including phenoxy) is 1. The smallest absolute Gasteiger partial charge is 0.312 e. The summed E-state index contributed by atoms with van der Waals surface area (Å²) in [5, 5.41) is 11.2. The molecule has 2 unspecified atom stereocenters. The number of nitrogens with two attached hydrogens (primary N) is 1. The van der Waals surface area contributed by atoms with Crippen molar-refractivity contribution >= 4 is 17.8 Å². The van der Waals surface area contributed by atoms with Crippen LogP contribution in [0.4, 0.5) is 4.79 Å². The summed E-state index contributed by atoms with van der Waals surface area (Å²) in [5.74, 6) is -0.832. The van der Waals surface area contributed by atoms with E-state index in [0.717, 1.165) is 11.1 Å². The number of hydrogen-bond acceptors (Lipinski definition) is 5. The first-order valence-corrected chi connectivity index (χ1v) is 9.72. The normalized spacial score (nSPS) is 12.0. The molecule has 0 aromatic heterocycles. The maximum Gasteiger partial charge on any atom is 0.312 e. The highest BCUT2D eigenvalue weighted by molar-refractivity contribution is 5.88. The van der Waals surface area contributed by atoms with Crippen LogP contribution in [0, 0.1) is 17.2 Å². The molecule has 5 N–H and O–H groups in total. The second-order valence-corrected chi connectivity index (χ2v) is 6.91. The SMILES string of the molecule is CCC(C)C(NC(N)=O)C(=O)NNC(=O)COc1ccc(-c2ccc(C#N)cc2)cc1. The van der Waals surface area contributed by atoms with Crippen LogP contribution in [0.2, 0.25) is 0 Å². The van der Waals surface area contributed by atoms with E-state index < -0.39 is 23.9 Å². The number of nitrogens with one attached hydrogen (secondary N) is 3. The number of urea groups is 1. The van der Waals surface area contributed by atoms with Gasteiger partial charge >= 0.3 is 6.03 Å². The average Bonchev–Trinajstić information content (AvgIpc) is 2.79. The van der Waals surface area contributed by atoms with Crippen LogP contribution in [0.5, 0.6) is 5.75 Å². The number of rotatable bonds is 8. The Morgan fingerprint density at radius 3 is 2.13 bits per heavy atom. The number of carbonyl (C=O) groups is 3. The van der Waals surface area contributed by atoms with Crippen LogP contribution >= 0.6 is 0 Å². The minimum atomic E-state index is -0.863. The van der Waals surface area contributed by atoms with Gasteiger partial charge in [0.2, 0.25) is 0 Å². The van der Waals surface area contributed by atoms with E-state index in [0.29, 0.717) is 17.7 Å². The number of hydrogen-bond donors (Lipinski definition) is 4. The van der Waals surface area contributed by atoms with Gasteiger partial charge in [0.1, 0.15) is 11.8 Å². The Hall–Kier alpha value is -4.06. The van der Waals surface area contributed by atoms with E-state index in [-0.39, 0.29) is 12.5 Å². The van der Waals surface area contributed by atoms with Crippen molar-refractivity contribution in [3.8, 4) is 22.9 Å². The molecule has 0 aliphatic heterocycles. The zero-order valence-corrected chi connectivity index (χ0v) is 17.3. The predicted molar refractivity (Wildman–Crippen MR) is 114 cm³/mol. The summed E-state index contributed by atoms with van der Waals surface area (Å²) in [6.45, 7) is 3.34. The molecule has 2 aromatic carbocycles. The third-order valence-corrected chi connectivity index (χ3v) is 4.69. The zero-order valence-electron chi connectivity index (χ0n) is 17.3. The highest BCUT2D eigenvalue weighted by Crippen LogP contribution is 2.22. The number of nitrogens with zero attached hydrogens (tertiary/aromatic N) is 1. The van der Waals surface area contributed by atoms with Crippen LogP contribution < -0.4 is 26.6 Å². The summed E-state index contributed by atoms with van der Waals surface area (Å²) in [6, 6.07) is 14.7. The van der Waals surface area contributed by atoms with Crippen molar-refractivity contribution in [1.29, 1.82) is 5.26 Å². The molecule has 2 rings (SSSR count). The van der Waals surface area contributed by atoms with Gasteiger partial charge in [-0.05, 0) is 41.3 Å². The average molecular weight is 423 g/mol. The van der Waals surface area contributed by atoms with Gasteiger partial charge < -0.3 is 15.8 Å². The van der Waals surface area contributed by atoms with Crippen molar-refractivity contribution in [2.24, 2.45) is 11.7 Å². The maximum absolute atomic E-state index is 12.2. The van der Waals surface area contributed by atoms with Gasteiger partial charge in [-0.15, -0.1) is 0 Å². The number of benzene rings is 2. The lowest BCUT2D eigenvalue weighted by molar-refractivity contribution is -0.131. The minimum absolute atomic E-state index is 0.171. The fraction of sp³-hybridized carbons (Fsp3) is 0.273. The molecule has 0 radical (unpaired) electrons. The molecule has 0 fully saturated rings. The highest BCUT2D eigenvalue weighted by atomic mass is 16.5. The second-order valence-electron chi connectivity index (χ2n) is 6.91. The van der Waals surface area contributed by atoms with Crippen LogP contribution in [0.3, 0.4) is 0 Å². The van der Waals surface area contributed by atoms with Gasteiger partial charge in [-0.1, -0.05) is 44.5 Å². The summed E-state index contributed by atoms with van der Waals surface area (Å²) >= 11 is 0. The molecule has 0 saturated carbocycles. The van der Waals surface area contributed by atoms with Crippen LogP contribution in [0.25, 0.3) is 11.1 Å². The topological polar surface area (TPSA) is 146 Å². The first kappa shape index (κ1) is 23.2. The zero-order chi connectivity index (χ0) is 22.8. The van der Waals surface area contributed by atoms with Gasteiger partial charge in [0, 0.05) is 0 Å². The quantitative estimate of drug-likeness (QED) is 0.479. The van der Waals surface area contributed by atoms with E-state index in [4.69, 9.17) is 15.7 Å². The lowest BCUT2D eigenvalue weighted by atomic mass is 9.99. The fourth-order valence-corrected chi connectivity index (χ4v) is 2.73. The van der Waals surface area contributed by atoms with Crippen molar-refractivity contribution in [3.05, 3.63) is 54.1 Å². The summed E-state index contributed by atoms with van der Waals surface area (Å²) in [7, 11) is 0. The molecular weight excluding hydrogens is 398 g/mol. The van der Waals surface area contributed by atoms with Crippen LogP contribution in [0.1, 0.15) is 25.8 Å². The van der Waals surface area contributed by atoms with Crippen molar-refractivity contribution < 1.29 is 19.1 Å². The maximum atomic E-state index is 12.2. The first-order chi connectivity index (χ1) is 14.8. The molecule has 9 heteroatoms. The molecule has 2 aromatic rings. The molecule has 0 aliphatic rings. The molecule has 4 amide bonds. The van der Waals surface area contributed by atoms with E-state index in [9.17, 15) is 14.4 Å². The number of carbonyl (C=O) groups excluding carboxylic acids is 3. The van der Waals surface area contributed by atoms with Gasteiger partial charge in [-0.3, -0.25) is 20.4 Å². The molecule has 0 heterocycles. The second kappa shape index (κ2) is 11.2. The van der Waals surface area contributed by atoms with E-state index in [2.05, 4.69) is 22.2 Å². The Morgan fingerprint density at radius 2 is 1.61 bits per heavy atom. The summed E-state index contributed by atoms with van der Waals surface area (Å²) < 4.78 is 5.42. The Bertz CT molecular complexity index is 951. The first-order valence-electron chi connectivity index (χ1n) is 9.72. The number of hydrazine groups is 1. The van der Waals surface area contributed by atoms with E-state index >= 15 is 0 Å². The van der Waals surface area contributed by atoms with Crippen LogP contribution in [0.15, 0.2) is 48.5 Å². The highest BCUT2D eigenvalue weighted by Gasteiger charge is 2.25. The van der Waals surface area contributed by atoms with Crippen molar-refractivity contribution in [2.75, 3.05) is 6.61 Å². The van der Waals surface area contributed by atoms with E-state index in [1.165, 1.54) is 0 Å². The lowest BCUT2D eigenvalue weighted by Gasteiger charge is -2.22. The lowest BCUT2D eigenvalue weighted by Crippen LogP contribution is -2.56. The fourth-order valence-electron chi connectivity index (χ4n) is 2.73. The number of primary amides is 1. The van der Waals surface area contributed by atoms with Gasteiger partial charge in [0.05, 0.1) is 11.6 Å². The molecule has 2 atom stereocenters. The number of nitriles is 1. The van der Waals surface area contributed by atoms with Crippen LogP contribution in [-0.2, 0) is 9.59 Å². The molecule has 0 saturated heterocycles. The number of amides is 4. The molecule has 0 spiro atoms. The van der Waals surface area contributed by atoms with Gasteiger partial charge in [0.15, 0.2) is 6.61 Å². The molecular formula is C22H25N5O4. The van der Waals surface area contributed by atoms with Gasteiger partial charge in [-0.25, -0.2) is 4.79 Å². The van der Waals surface area contributed by atoms with Gasteiger partial charge in [0.25, 0.3) is 11.8 Å². The molecule has 9 nitrogen and oxygen atoms in total. The molecule has 162 valence electrons. The summed E-state index contributed by atoms with van der Waals surface area (Å²) in [4.78, 5) is 35.3. The minimum Gasteiger partial charge on any atom is -0.484 e. The Morgan fingerprint density at radius 1 is 1.03 bits per heavy atom. The van der Waals surface area contributed by atoms with Crippen LogP contribution in [-0.4, -0.2) is 30.5 Å². The summed E-state index contributed by atoms with van der Waals surface area (Å²) in [5.41, 5.74) is 12.1. The van der Waals surface area contributed by atoms with Crippen molar-refractivity contribution in [3.63, 3.8) is 0 Å². The monoisotopic (exact) mass is 423 g/mol. The molecule has 31 heavy (non-hydrogen) atoms. The van der Waals surface area contributed by atoms with Gasteiger partial charge in [-0.2, -0.15) is 5.26 Å². The Kier molecular flexibility index (Phi) is 8.40. The Balaban J connectivity index is 1.84. The van der Waals surface area contributed by atoms with E-state index in [1.54, 1.807) is 31.2 Å². The largest absolute Gasteiger partial charge is 0.484 e. The predicted octanol–water partition coefficient (Wildman–Crippen LogP) is 1.83. The third kappa shape index (κ3) is 7.04. The molecule has 0 bridgehead atoms. The van der Waals surface area contributed by atoms with Crippen molar-refractivity contribution in [1.82, 2.24) is 16.2 Å². The Labute approximate surface area is 180 Å². The van der Waals surface area contributed by atoms with Crippen molar-refractivity contribution in [2.45, 2.75) is 26.3 Å². The molecule has 0 aliphatic carbocycles. The standard InChI is InChI=1S/C22H25N5O4/c1-3-14(2)20(25-22(24)30)21(29)27-26-19(28)13-31-18-10-8-17(9-11-18)16-6-4-15(12-23)5-7-16/h4-11,14,20H,3,13H2,1-2H3,(H,26,28)(H,27,29)(H3,24,25,30).